The summed E-state index contributed by atoms with van der Waals surface area (Å²) in [6.07, 6.45) is 4.31. The average molecular weight is 186 g/mol. The molecule has 0 N–H and O–H groups in total. The van der Waals surface area contributed by atoms with Crippen molar-refractivity contribution in [2.24, 2.45) is 0 Å². The van der Waals surface area contributed by atoms with Crippen LogP contribution >= 0.6 is 0 Å². The third-order valence-corrected chi connectivity index (χ3v) is 1.85. The van der Waals surface area contributed by atoms with Crippen LogP contribution in [-0.2, 0) is 0 Å². The number of allylic oxidation sites excluding steroid dienone is 1. The van der Waals surface area contributed by atoms with Crippen LogP contribution in [0.3, 0.4) is 0 Å². The van der Waals surface area contributed by atoms with Crippen molar-refractivity contribution in [1.82, 2.24) is 0 Å². The van der Waals surface area contributed by atoms with Gasteiger partial charge in [-0.15, -0.1) is 6.58 Å². The molecule has 0 fully saturated rings. The molecule has 0 spiro atoms. The first kappa shape index (κ1) is 10.8. The monoisotopic (exact) mass is 186 g/mol. The molecular weight excluding hydrogens is 171 g/mol. The van der Waals surface area contributed by atoms with Gasteiger partial charge in [-0.25, -0.2) is 0 Å². The first-order valence-electron chi connectivity index (χ1n) is 4.91. The maximum atomic E-state index is 5.12. The van der Waals surface area contributed by atoms with E-state index in [9.17, 15) is 0 Å². The van der Waals surface area contributed by atoms with Crippen LogP contribution in [0.5, 0.6) is 0 Å². The molecule has 2 aromatic rings. The van der Waals surface area contributed by atoms with Gasteiger partial charge in [-0.1, -0.05) is 19.4 Å². The van der Waals surface area contributed by atoms with Crippen molar-refractivity contribution in [3.8, 4) is 0 Å². The Morgan fingerprint density at radius 2 is 2.21 bits per heavy atom. The van der Waals surface area contributed by atoms with E-state index in [1.54, 1.807) is 7.13 Å². The summed E-state index contributed by atoms with van der Waals surface area (Å²) in [7, 11) is 1.70. The van der Waals surface area contributed by atoms with Gasteiger partial charge in [-0.3, -0.25) is 0 Å². The average Bonchev–Trinajstić information content (AvgIpc) is 2.67. The van der Waals surface area contributed by atoms with Crippen molar-refractivity contribution >= 4 is 18.1 Å². The molecule has 0 saturated carbocycles. The van der Waals surface area contributed by atoms with Crippen LogP contribution in [0.15, 0.2) is 47.2 Å². The third-order valence-electron chi connectivity index (χ3n) is 1.85. The molecule has 1 heterocycles. The summed E-state index contributed by atoms with van der Waals surface area (Å²) in [5, 5.41) is 1.16. The SMILES string of the molecule is C=CCCC.b1cc2ccccc2o1. The van der Waals surface area contributed by atoms with Crippen molar-refractivity contribution in [1.29, 1.82) is 0 Å². The Balaban J connectivity index is 0.000000171. The standard InChI is InChI=1S/C7H5BO.C5H10/c1-2-4-7-6(3-1)5-8-9-7;1-3-5-4-2/h1-5H;3H,1,4-5H2,2H3. The van der Waals surface area contributed by atoms with E-state index in [1.165, 1.54) is 6.42 Å². The van der Waals surface area contributed by atoms with Crippen molar-refractivity contribution in [3.05, 3.63) is 42.9 Å². The molecule has 2 heteroatoms. The molecule has 14 heavy (non-hydrogen) atoms. The maximum absolute atomic E-state index is 5.12. The van der Waals surface area contributed by atoms with Crippen LogP contribution < -0.4 is 0 Å². The minimum absolute atomic E-state index is 0.956. The van der Waals surface area contributed by atoms with Crippen molar-refractivity contribution in [2.45, 2.75) is 19.8 Å². The molecule has 0 radical (unpaired) electrons. The van der Waals surface area contributed by atoms with Gasteiger partial charge in [0, 0.05) is 0 Å². The van der Waals surface area contributed by atoms with Gasteiger partial charge in [0.1, 0.15) is 0 Å². The molecule has 0 aliphatic rings. The summed E-state index contributed by atoms with van der Waals surface area (Å²) in [6, 6.07) is 7.94. The number of para-hydroxylation sites is 1. The van der Waals surface area contributed by atoms with Gasteiger partial charge in [-0.05, 0) is 6.42 Å². The van der Waals surface area contributed by atoms with Gasteiger partial charge in [0.05, 0.1) is 0 Å². The zero-order valence-corrected chi connectivity index (χ0v) is 8.57. The molecule has 0 aliphatic heterocycles. The zero-order valence-electron chi connectivity index (χ0n) is 8.57. The molecule has 0 amide bonds. The predicted molar refractivity (Wildman–Crippen MR) is 62.7 cm³/mol. The number of fused-ring (bicyclic) bond motifs is 1. The van der Waals surface area contributed by atoms with E-state index >= 15 is 0 Å². The van der Waals surface area contributed by atoms with Crippen LogP contribution in [0, 0.1) is 0 Å². The van der Waals surface area contributed by atoms with E-state index in [1.807, 2.05) is 36.3 Å². The normalized spacial score (nSPS) is 8.93. The van der Waals surface area contributed by atoms with Crippen LogP contribution in [-0.4, -0.2) is 7.13 Å². The zero-order chi connectivity index (χ0) is 10.2. The van der Waals surface area contributed by atoms with Crippen molar-refractivity contribution < 1.29 is 4.33 Å². The van der Waals surface area contributed by atoms with E-state index < -0.39 is 0 Å². The van der Waals surface area contributed by atoms with Gasteiger partial charge in [-0.2, -0.15) is 0 Å². The Hall–Kier alpha value is -1.31. The summed E-state index contributed by atoms with van der Waals surface area (Å²) in [4.78, 5) is 0. The molecule has 0 aliphatic carbocycles. The summed E-state index contributed by atoms with van der Waals surface area (Å²) < 4.78 is 5.12. The molecular formula is C12H15BO. The second-order valence-electron chi connectivity index (χ2n) is 3.04. The second-order valence-corrected chi connectivity index (χ2v) is 3.04. The Kier molecular flexibility index (Phi) is 4.77. The minimum atomic E-state index is 0.956. The number of unbranched alkanes of at least 4 members (excludes halogenated alkanes) is 1. The van der Waals surface area contributed by atoms with E-state index in [0.29, 0.717) is 0 Å². The second kappa shape index (κ2) is 6.19. The summed E-state index contributed by atoms with van der Waals surface area (Å²) in [6.45, 7) is 5.69. The summed E-state index contributed by atoms with van der Waals surface area (Å²) in [5.74, 6) is 1.95. The Morgan fingerprint density at radius 3 is 2.79 bits per heavy atom. The molecule has 0 unspecified atom stereocenters. The number of benzene rings is 1. The van der Waals surface area contributed by atoms with E-state index in [4.69, 9.17) is 4.33 Å². The Labute approximate surface area is 85.7 Å². The van der Waals surface area contributed by atoms with Crippen LogP contribution in [0.4, 0.5) is 0 Å². The topological polar surface area (TPSA) is 13.1 Å². The van der Waals surface area contributed by atoms with Crippen molar-refractivity contribution in [3.63, 3.8) is 0 Å². The van der Waals surface area contributed by atoms with Crippen LogP contribution in [0.2, 0.25) is 0 Å². The fourth-order valence-corrected chi connectivity index (χ4v) is 1.11. The molecule has 1 aromatic heterocycles. The Morgan fingerprint density at radius 1 is 1.43 bits per heavy atom. The number of hydrogen-bond donors (Lipinski definition) is 0. The van der Waals surface area contributed by atoms with Crippen LogP contribution in [0.1, 0.15) is 19.8 Å². The van der Waals surface area contributed by atoms with Crippen LogP contribution in [0.25, 0.3) is 11.0 Å². The fourth-order valence-electron chi connectivity index (χ4n) is 1.11. The molecule has 72 valence electrons. The van der Waals surface area contributed by atoms with Gasteiger partial charge in [0.15, 0.2) is 0 Å². The fraction of sp³-hybridized carbons (Fsp3) is 0.250. The van der Waals surface area contributed by atoms with Gasteiger partial charge < -0.3 is 0 Å². The first-order valence-corrected chi connectivity index (χ1v) is 4.91. The van der Waals surface area contributed by atoms with Gasteiger partial charge >= 0.3 is 52.7 Å². The molecule has 1 aromatic carbocycles. The predicted octanol–water partition coefficient (Wildman–Crippen LogP) is 3.74. The summed E-state index contributed by atoms with van der Waals surface area (Å²) in [5.41, 5.74) is 0.956. The molecule has 2 rings (SSSR count). The Bertz CT molecular complexity index is 348. The molecule has 0 saturated heterocycles. The quantitative estimate of drug-likeness (QED) is 0.651. The first-order chi connectivity index (χ1) is 6.88. The summed E-state index contributed by atoms with van der Waals surface area (Å²) >= 11 is 0. The molecule has 1 nitrogen and oxygen atoms in total. The van der Waals surface area contributed by atoms with E-state index in [2.05, 4.69) is 13.5 Å². The van der Waals surface area contributed by atoms with Gasteiger partial charge in [0.2, 0.25) is 0 Å². The number of rotatable bonds is 2. The van der Waals surface area contributed by atoms with Gasteiger partial charge in [0.25, 0.3) is 0 Å². The van der Waals surface area contributed by atoms with E-state index in [-0.39, 0.29) is 0 Å². The molecule has 0 atom stereocenters. The number of hydrogen-bond acceptors (Lipinski definition) is 1. The third kappa shape index (κ3) is 3.21. The van der Waals surface area contributed by atoms with E-state index in [0.717, 1.165) is 17.4 Å². The molecule has 0 bridgehead atoms. The van der Waals surface area contributed by atoms with Crippen molar-refractivity contribution in [2.75, 3.05) is 0 Å².